The largest absolute Gasteiger partial charge is 0.493 e. The van der Waals surface area contributed by atoms with Gasteiger partial charge in [0, 0.05) is 0 Å². The van der Waals surface area contributed by atoms with Gasteiger partial charge in [0.1, 0.15) is 12.7 Å². The summed E-state index contributed by atoms with van der Waals surface area (Å²) < 4.78 is 15.9. The number of hydrogen-bond acceptors (Lipinski definition) is 3. The van der Waals surface area contributed by atoms with E-state index in [-0.39, 0.29) is 6.10 Å². The highest BCUT2D eigenvalue weighted by molar-refractivity contribution is 5.45. The first kappa shape index (κ1) is 9.34. The van der Waals surface area contributed by atoms with Gasteiger partial charge in [0.2, 0.25) is 0 Å². The van der Waals surface area contributed by atoms with Crippen LogP contribution < -0.4 is 9.47 Å². The molecule has 1 saturated heterocycles. The van der Waals surface area contributed by atoms with Crippen molar-refractivity contribution in [3.63, 3.8) is 0 Å². The van der Waals surface area contributed by atoms with Crippen LogP contribution in [0.5, 0.6) is 11.5 Å². The zero-order valence-electron chi connectivity index (χ0n) is 8.45. The van der Waals surface area contributed by atoms with Crippen LogP contribution in [0.4, 0.5) is 0 Å². The molecule has 1 aromatic carbocycles. The first-order valence-electron chi connectivity index (χ1n) is 4.69. The molecule has 14 heavy (non-hydrogen) atoms. The average molecular weight is 194 g/mol. The monoisotopic (exact) mass is 194 g/mol. The second-order valence-electron chi connectivity index (χ2n) is 3.37. The van der Waals surface area contributed by atoms with Crippen molar-refractivity contribution in [3.8, 4) is 11.5 Å². The number of hydrogen-bond donors (Lipinski definition) is 0. The molecule has 3 heteroatoms. The van der Waals surface area contributed by atoms with E-state index in [9.17, 15) is 0 Å². The van der Waals surface area contributed by atoms with Gasteiger partial charge in [-0.3, -0.25) is 0 Å². The summed E-state index contributed by atoms with van der Waals surface area (Å²) >= 11 is 0. The summed E-state index contributed by atoms with van der Waals surface area (Å²) in [4.78, 5) is 0. The molecule has 0 bridgehead atoms. The van der Waals surface area contributed by atoms with Gasteiger partial charge in [0.05, 0.1) is 13.7 Å². The van der Waals surface area contributed by atoms with Crippen LogP contribution in [0.15, 0.2) is 18.2 Å². The van der Waals surface area contributed by atoms with Gasteiger partial charge in [-0.15, -0.1) is 0 Å². The van der Waals surface area contributed by atoms with Gasteiger partial charge in [-0.1, -0.05) is 12.1 Å². The highest BCUT2D eigenvalue weighted by Crippen LogP contribution is 2.30. The molecular weight excluding hydrogens is 180 g/mol. The molecule has 0 saturated carbocycles. The summed E-state index contributed by atoms with van der Waals surface area (Å²) in [5.74, 6) is 1.61. The Bertz CT molecular complexity index is 318. The van der Waals surface area contributed by atoms with E-state index < -0.39 is 0 Å². The van der Waals surface area contributed by atoms with Crippen molar-refractivity contribution >= 4 is 0 Å². The molecule has 0 radical (unpaired) electrons. The summed E-state index contributed by atoms with van der Waals surface area (Å²) in [6.45, 7) is 3.43. The molecule has 0 aliphatic carbocycles. The van der Waals surface area contributed by atoms with Crippen LogP contribution in [-0.4, -0.2) is 26.4 Å². The van der Waals surface area contributed by atoms with E-state index in [1.165, 1.54) is 0 Å². The fourth-order valence-electron chi connectivity index (χ4n) is 1.31. The average Bonchev–Trinajstić information content (AvgIpc) is 2.99. The number of benzene rings is 1. The molecule has 2 rings (SSSR count). The van der Waals surface area contributed by atoms with E-state index in [0.717, 1.165) is 23.7 Å². The molecule has 1 atom stereocenters. The summed E-state index contributed by atoms with van der Waals surface area (Å²) in [6, 6.07) is 5.86. The van der Waals surface area contributed by atoms with Gasteiger partial charge in [0.15, 0.2) is 11.5 Å². The molecule has 0 amide bonds. The third kappa shape index (κ3) is 1.99. The molecular formula is C11H14O3. The van der Waals surface area contributed by atoms with E-state index in [1.807, 2.05) is 25.1 Å². The minimum Gasteiger partial charge on any atom is -0.493 e. The Kier molecular flexibility index (Phi) is 2.59. The lowest BCUT2D eigenvalue weighted by Crippen LogP contribution is -2.06. The van der Waals surface area contributed by atoms with Gasteiger partial charge in [-0.25, -0.2) is 0 Å². The van der Waals surface area contributed by atoms with Crippen molar-refractivity contribution in [2.24, 2.45) is 0 Å². The molecule has 3 nitrogen and oxygen atoms in total. The molecule has 1 unspecified atom stereocenters. The smallest absolute Gasteiger partial charge is 0.164 e. The fourth-order valence-corrected chi connectivity index (χ4v) is 1.31. The zero-order chi connectivity index (χ0) is 9.97. The predicted octanol–water partition coefficient (Wildman–Crippen LogP) is 1.78. The van der Waals surface area contributed by atoms with Gasteiger partial charge in [-0.2, -0.15) is 0 Å². The summed E-state index contributed by atoms with van der Waals surface area (Å²) in [6.07, 6.45) is 0.277. The SMILES string of the molecule is COc1cccc(C)c1OCC1CO1. The number of methoxy groups -OCH3 is 1. The van der Waals surface area contributed by atoms with Crippen molar-refractivity contribution in [3.05, 3.63) is 23.8 Å². The van der Waals surface area contributed by atoms with Crippen LogP contribution in [0.25, 0.3) is 0 Å². The highest BCUT2D eigenvalue weighted by atomic mass is 16.6. The highest BCUT2D eigenvalue weighted by Gasteiger charge is 2.24. The van der Waals surface area contributed by atoms with E-state index >= 15 is 0 Å². The molecule has 0 spiro atoms. The Labute approximate surface area is 83.6 Å². The minimum absolute atomic E-state index is 0.277. The molecule has 0 aromatic heterocycles. The number of epoxide rings is 1. The molecule has 1 fully saturated rings. The number of aryl methyl sites for hydroxylation is 1. The normalized spacial score (nSPS) is 19.1. The quantitative estimate of drug-likeness (QED) is 0.684. The lowest BCUT2D eigenvalue weighted by atomic mass is 10.2. The van der Waals surface area contributed by atoms with Crippen molar-refractivity contribution in [2.45, 2.75) is 13.0 Å². The second kappa shape index (κ2) is 3.88. The number of ether oxygens (including phenoxy) is 3. The maximum Gasteiger partial charge on any atom is 0.164 e. The second-order valence-corrected chi connectivity index (χ2v) is 3.37. The molecule has 1 heterocycles. The maximum atomic E-state index is 5.63. The van der Waals surface area contributed by atoms with Crippen LogP contribution in [0.1, 0.15) is 5.56 Å². The first-order valence-corrected chi connectivity index (χ1v) is 4.69. The first-order chi connectivity index (χ1) is 6.81. The number of para-hydroxylation sites is 1. The summed E-state index contributed by atoms with van der Waals surface area (Å²) in [5.41, 5.74) is 1.09. The third-order valence-electron chi connectivity index (χ3n) is 2.21. The summed E-state index contributed by atoms with van der Waals surface area (Å²) in [5, 5.41) is 0. The lowest BCUT2D eigenvalue weighted by Gasteiger charge is -2.11. The van der Waals surface area contributed by atoms with Crippen molar-refractivity contribution < 1.29 is 14.2 Å². The standard InChI is InChI=1S/C11H14O3/c1-8-4-3-5-10(12-2)11(8)14-7-9-6-13-9/h3-5,9H,6-7H2,1-2H3. The fraction of sp³-hybridized carbons (Fsp3) is 0.455. The minimum atomic E-state index is 0.277. The topological polar surface area (TPSA) is 31.0 Å². The van der Waals surface area contributed by atoms with Gasteiger partial charge >= 0.3 is 0 Å². The van der Waals surface area contributed by atoms with Crippen LogP contribution >= 0.6 is 0 Å². The molecule has 1 aliphatic rings. The van der Waals surface area contributed by atoms with E-state index in [4.69, 9.17) is 14.2 Å². The predicted molar refractivity (Wildman–Crippen MR) is 53.0 cm³/mol. The Morgan fingerprint density at radius 2 is 2.29 bits per heavy atom. The van der Waals surface area contributed by atoms with Crippen molar-refractivity contribution in [1.82, 2.24) is 0 Å². The van der Waals surface area contributed by atoms with Crippen LogP contribution in [0.3, 0.4) is 0 Å². The van der Waals surface area contributed by atoms with Gasteiger partial charge in [0.25, 0.3) is 0 Å². The Morgan fingerprint density at radius 3 is 2.93 bits per heavy atom. The Balaban J connectivity index is 2.11. The van der Waals surface area contributed by atoms with Crippen LogP contribution in [-0.2, 0) is 4.74 Å². The zero-order valence-corrected chi connectivity index (χ0v) is 8.45. The maximum absolute atomic E-state index is 5.63. The number of rotatable bonds is 4. The molecule has 0 N–H and O–H groups in total. The molecule has 76 valence electrons. The summed E-state index contributed by atoms with van der Waals surface area (Å²) in [7, 11) is 1.65. The van der Waals surface area contributed by atoms with Gasteiger partial charge in [-0.05, 0) is 18.6 Å². The Morgan fingerprint density at radius 1 is 1.50 bits per heavy atom. The Hall–Kier alpha value is -1.22. The van der Waals surface area contributed by atoms with E-state index in [1.54, 1.807) is 7.11 Å². The van der Waals surface area contributed by atoms with Crippen LogP contribution in [0.2, 0.25) is 0 Å². The third-order valence-corrected chi connectivity index (χ3v) is 2.21. The van der Waals surface area contributed by atoms with Gasteiger partial charge < -0.3 is 14.2 Å². The van der Waals surface area contributed by atoms with E-state index in [0.29, 0.717) is 6.61 Å². The lowest BCUT2D eigenvalue weighted by molar-refractivity contribution is 0.250. The van der Waals surface area contributed by atoms with E-state index in [2.05, 4.69) is 0 Å². The van der Waals surface area contributed by atoms with Crippen molar-refractivity contribution in [1.29, 1.82) is 0 Å². The van der Waals surface area contributed by atoms with Crippen LogP contribution in [0, 0.1) is 6.92 Å². The van der Waals surface area contributed by atoms with Crippen molar-refractivity contribution in [2.75, 3.05) is 20.3 Å². The molecule has 1 aliphatic heterocycles. The molecule has 1 aromatic rings.